The van der Waals surface area contributed by atoms with E-state index in [0.29, 0.717) is 4.31 Å². The monoisotopic (exact) mass is 311 g/mol. The van der Waals surface area contributed by atoms with Crippen molar-refractivity contribution in [1.29, 1.82) is 0 Å². The third-order valence-corrected chi connectivity index (χ3v) is 4.42. The fourth-order valence-electron chi connectivity index (χ4n) is 1.54. The first-order chi connectivity index (χ1) is 9.16. The second kappa shape index (κ2) is 6.55. The molecule has 0 unspecified atom stereocenters. The van der Waals surface area contributed by atoms with Crippen LogP contribution in [0.4, 0.5) is 13.2 Å². The quantitative estimate of drug-likeness (QED) is 0.809. The van der Waals surface area contributed by atoms with Crippen molar-refractivity contribution in [1.82, 2.24) is 4.31 Å². The molecular formula is C12H16F3NO3S. The van der Waals surface area contributed by atoms with Crippen LogP contribution in [0.3, 0.4) is 0 Å². The lowest BCUT2D eigenvalue weighted by molar-refractivity contribution is -0.136. The van der Waals surface area contributed by atoms with Crippen LogP contribution in [0.2, 0.25) is 0 Å². The zero-order valence-corrected chi connectivity index (χ0v) is 12.0. The van der Waals surface area contributed by atoms with Crippen LogP contribution in [-0.2, 0) is 14.8 Å². The second-order valence-corrected chi connectivity index (χ2v) is 6.20. The third kappa shape index (κ3) is 4.77. The van der Waals surface area contributed by atoms with Gasteiger partial charge in [-0.2, -0.15) is 17.5 Å². The number of sulfonamides is 1. The molecule has 1 rings (SSSR count). The molecule has 0 radical (unpaired) electrons. The number of hydrogen-bond acceptors (Lipinski definition) is 3. The summed E-state index contributed by atoms with van der Waals surface area (Å²) in [6.07, 6.45) is -4.61. The SMILES string of the molecule is COCCN(CC(F)(F)F)S(=O)(=O)c1ccc(C)cc1. The summed E-state index contributed by atoms with van der Waals surface area (Å²) in [6.45, 7) is -0.241. The van der Waals surface area contributed by atoms with Crippen molar-refractivity contribution in [3.05, 3.63) is 29.8 Å². The maximum atomic E-state index is 12.5. The molecule has 0 aromatic heterocycles. The summed E-state index contributed by atoms with van der Waals surface area (Å²) in [5.41, 5.74) is 0.822. The summed E-state index contributed by atoms with van der Waals surface area (Å²) in [4.78, 5) is -0.163. The van der Waals surface area contributed by atoms with Gasteiger partial charge in [0.15, 0.2) is 0 Å². The van der Waals surface area contributed by atoms with E-state index in [0.717, 1.165) is 5.56 Å². The minimum atomic E-state index is -4.61. The Balaban J connectivity index is 3.06. The number of nitrogens with zero attached hydrogens (tertiary/aromatic N) is 1. The number of aryl methyl sites for hydroxylation is 1. The molecule has 8 heteroatoms. The summed E-state index contributed by atoms with van der Waals surface area (Å²) >= 11 is 0. The van der Waals surface area contributed by atoms with Crippen LogP contribution in [0.1, 0.15) is 5.56 Å². The van der Waals surface area contributed by atoms with E-state index in [1.54, 1.807) is 6.92 Å². The molecule has 0 amide bonds. The number of ether oxygens (including phenoxy) is 1. The van der Waals surface area contributed by atoms with Crippen LogP contribution >= 0.6 is 0 Å². The Morgan fingerprint density at radius 1 is 1.20 bits per heavy atom. The van der Waals surface area contributed by atoms with Gasteiger partial charge in [-0.15, -0.1) is 0 Å². The molecule has 0 aliphatic rings. The van der Waals surface area contributed by atoms with E-state index < -0.39 is 22.7 Å². The van der Waals surface area contributed by atoms with E-state index >= 15 is 0 Å². The fourth-order valence-corrected chi connectivity index (χ4v) is 2.95. The standard InChI is InChI=1S/C12H16F3NO3S/c1-10-3-5-11(6-4-10)20(17,18)16(7-8-19-2)9-12(13,14)15/h3-6H,7-9H2,1-2H3. The van der Waals surface area contributed by atoms with Crippen molar-refractivity contribution in [2.24, 2.45) is 0 Å². The molecule has 0 saturated heterocycles. The smallest absolute Gasteiger partial charge is 0.383 e. The first kappa shape index (κ1) is 16.9. The lowest BCUT2D eigenvalue weighted by atomic mass is 10.2. The Kier molecular flexibility index (Phi) is 5.55. The highest BCUT2D eigenvalue weighted by atomic mass is 32.2. The summed E-state index contributed by atoms with van der Waals surface area (Å²) in [6, 6.07) is 5.66. The summed E-state index contributed by atoms with van der Waals surface area (Å²) in [5, 5.41) is 0. The van der Waals surface area contributed by atoms with Crippen LogP contribution in [0, 0.1) is 6.92 Å². The Bertz CT molecular complexity index is 526. The van der Waals surface area contributed by atoms with Crippen molar-refractivity contribution in [2.45, 2.75) is 18.0 Å². The fraction of sp³-hybridized carbons (Fsp3) is 0.500. The molecule has 1 aromatic carbocycles. The van der Waals surface area contributed by atoms with E-state index in [4.69, 9.17) is 0 Å². The van der Waals surface area contributed by atoms with Gasteiger partial charge in [-0.1, -0.05) is 17.7 Å². The van der Waals surface area contributed by atoms with Crippen molar-refractivity contribution in [3.63, 3.8) is 0 Å². The van der Waals surface area contributed by atoms with Crippen molar-refractivity contribution < 1.29 is 26.3 Å². The number of benzene rings is 1. The van der Waals surface area contributed by atoms with Crippen LogP contribution in [0.15, 0.2) is 29.2 Å². The molecule has 0 spiro atoms. The normalized spacial score (nSPS) is 12.9. The van der Waals surface area contributed by atoms with Gasteiger partial charge in [0.2, 0.25) is 10.0 Å². The van der Waals surface area contributed by atoms with Crippen molar-refractivity contribution in [3.8, 4) is 0 Å². The Morgan fingerprint density at radius 2 is 1.75 bits per heavy atom. The number of methoxy groups -OCH3 is 1. The van der Waals surface area contributed by atoms with Crippen molar-refractivity contribution in [2.75, 3.05) is 26.8 Å². The third-order valence-electron chi connectivity index (χ3n) is 2.56. The summed E-state index contributed by atoms with van der Waals surface area (Å²) in [5.74, 6) is 0. The van der Waals surface area contributed by atoms with Crippen LogP contribution in [0.5, 0.6) is 0 Å². The van der Waals surface area contributed by atoms with Crippen molar-refractivity contribution >= 4 is 10.0 Å². The molecule has 20 heavy (non-hydrogen) atoms. The molecule has 0 atom stereocenters. The predicted molar refractivity (Wildman–Crippen MR) is 67.9 cm³/mol. The van der Waals surface area contributed by atoms with Crippen LogP contribution in [0.25, 0.3) is 0 Å². The minimum absolute atomic E-state index is 0.110. The number of hydrogen-bond donors (Lipinski definition) is 0. The average molecular weight is 311 g/mol. The number of halogens is 3. The summed E-state index contributed by atoms with van der Waals surface area (Å²) in [7, 11) is -2.89. The molecule has 0 fully saturated rings. The second-order valence-electron chi connectivity index (χ2n) is 4.26. The van der Waals surface area contributed by atoms with Gasteiger partial charge in [0, 0.05) is 13.7 Å². The van der Waals surface area contributed by atoms with Gasteiger partial charge < -0.3 is 4.74 Å². The van der Waals surface area contributed by atoms with Gasteiger partial charge in [0.05, 0.1) is 11.5 Å². The van der Waals surface area contributed by atoms with Gasteiger partial charge in [-0.3, -0.25) is 0 Å². The predicted octanol–water partition coefficient (Wildman–Crippen LogP) is 2.19. The first-order valence-corrected chi connectivity index (χ1v) is 7.23. The lowest BCUT2D eigenvalue weighted by Gasteiger charge is -2.23. The van der Waals surface area contributed by atoms with E-state index in [-0.39, 0.29) is 18.0 Å². The van der Waals surface area contributed by atoms with Gasteiger partial charge >= 0.3 is 6.18 Å². The molecule has 114 valence electrons. The highest BCUT2D eigenvalue weighted by Crippen LogP contribution is 2.22. The molecule has 0 bridgehead atoms. The van der Waals surface area contributed by atoms with Gasteiger partial charge in [0.1, 0.15) is 6.54 Å². The number of alkyl halides is 3. The molecule has 0 aliphatic heterocycles. The van der Waals surface area contributed by atoms with Crippen LogP contribution < -0.4 is 0 Å². The zero-order chi connectivity index (χ0) is 15.4. The van der Waals surface area contributed by atoms with E-state index in [1.807, 2.05) is 0 Å². The Hall–Kier alpha value is -1.12. The van der Waals surface area contributed by atoms with E-state index in [1.165, 1.54) is 31.4 Å². The van der Waals surface area contributed by atoms with Gasteiger partial charge in [0.25, 0.3) is 0 Å². The molecule has 0 heterocycles. The average Bonchev–Trinajstić information content (AvgIpc) is 2.33. The number of rotatable bonds is 6. The molecule has 4 nitrogen and oxygen atoms in total. The Labute approximate surface area is 116 Å². The van der Waals surface area contributed by atoms with E-state index in [9.17, 15) is 21.6 Å². The maximum Gasteiger partial charge on any atom is 0.402 e. The Morgan fingerprint density at radius 3 is 2.20 bits per heavy atom. The first-order valence-electron chi connectivity index (χ1n) is 5.79. The molecule has 0 aliphatic carbocycles. The van der Waals surface area contributed by atoms with Gasteiger partial charge in [-0.25, -0.2) is 8.42 Å². The van der Waals surface area contributed by atoms with E-state index in [2.05, 4.69) is 4.74 Å². The maximum absolute atomic E-state index is 12.5. The minimum Gasteiger partial charge on any atom is -0.383 e. The molecule has 0 N–H and O–H groups in total. The zero-order valence-electron chi connectivity index (χ0n) is 11.1. The highest BCUT2D eigenvalue weighted by Gasteiger charge is 2.36. The molecule has 1 aromatic rings. The molecular weight excluding hydrogens is 295 g/mol. The summed E-state index contributed by atoms with van der Waals surface area (Å²) < 4.78 is 66.9. The topological polar surface area (TPSA) is 46.6 Å². The largest absolute Gasteiger partial charge is 0.402 e. The molecule has 0 saturated carbocycles. The van der Waals surface area contributed by atoms with Crippen LogP contribution in [-0.4, -0.2) is 45.7 Å². The lowest BCUT2D eigenvalue weighted by Crippen LogP contribution is -2.40. The van der Waals surface area contributed by atoms with Gasteiger partial charge in [-0.05, 0) is 19.1 Å². The highest BCUT2D eigenvalue weighted by molar-refractivity contribution is 7.89.